The van der Waals surface area contributed by atoms with E-state index in [4.69, 9.17) is 21.3 Å². The van der Waals surface area contributed by atoms with Crippen LogP contribution >= 0.6 is 11.6 Å². The minimum absolute atomic E-state index is 0.129. The van der Waals surface area contributed by atoms with Crippen LogP contribution in [-0.2, 0) is 28.0 Å². The van der Waals surface area contributed by atoms with E-state index in [-0.39, 0.29) is 11.9 Å². The molecule has 2 aromatic carbocycles. The maximum absolute atomic E-state index is 13.4. The molecule has 2 heterocycles. The second kappa shape index (κ2) is 12.1. The molecule has 4 rings (SSSR count). The molecule has 0 aliphatic rings. The fourth-order valence-corrected chi connectivity index (χ4v) is 5.72. The van der Waals surface area contributed by atoms with E-state index in [0.29, 0.717) is 23.2 Å². The molecular formula is C29H36ClN7O2. The Hall–Kier alpha value is -3.56. The van der Waals surface area contributed by atoms with E-state index in [1.54, 1.807) is 0 Å². The number of halogens is 1. The number of hydrogen-bond acceptors (Lipinski definition) is 7. The fraction of sp³-hybridized carbons (Fsp3) is 0.414. The van der Waals surface area contributed by atoms with Gasteiger partial charge in [0.2, 0.25) is 5.82 Å². The van der Waals surface area contributed by atoms with Gasteiger partial charge in [0.25, 0.3) is 0 Å². The predicted molar refractivity (Wildman–Crippen MR) is 152 cm³/mol. The van der Waals surface area contributed by atoms with E-state index in [1.807, 2.05) is 57.1 Å². The number of hydrogen-bond donors (Lipinski definition) is 1. The molecule has 0 saturated carbocycles. The number of aromatic amines is 1. The summed E-state index contributed by atoms with van der Waals surface area (Å²) < 4.78 is 7.46. The molecule has 0 spiro atoms. The van der Waals surface area contributed by atoms with Gasteiger partial charge in [-0.2, -0.15) is 5.21 Å². The Bertz CT molecular complexity index is 1390. The molecule has 0 bridgehead atoms. The molecule has 4 aromatic rings. The van der Waals surface area contributed by atoms with Crippen LogP contribution in [0, 0.1) is 5.92 Å². The minimum Gasteiger partial charge on any atom is -0.467 e. The molecule has 0 amide bonds. The number of unbranched alkanes of at least 4 members (excludes halogenated alkanes) is 1. The number of tetrazole rings is 1. The van der Waals surface area contributed by atoms with Crippen molar-refractivity contribution >= 4 is 17.6 Å². The first kappa shape index (κ1) is 28.4. The Kier molecular flexibility index (Phi) is 8.82. The molecule has 9 nitrogen and oxygen atoms in total. The molecule has 0 aliphatic carbocycles. The average Bonchev–Trinajstić information content (AvgIpc) is 3.57. The lowest BCUT2D eigenvalue weighted by atomic mass is 9.81. The molecule has 0 saturated heterocycles. The Morgan fingerprint density at radius 3 is 2.38 bits per heavy atom. The Balaban J connectivity index is 1.79. The van der Waals surface area contributed by atoms with Gasteiger partial charge in [-0.25, -0.2) is 9.78 Å². The number of carbonyl (C=O) groups excluding carboxylic acids is 1. The number of rotatable bonds is 11. The molecule has 39 heavy (non-hydrogen) atoms. The normalized spacial score (nSPS) is 13.2. The van der Waals surface area contributed by atoms with Gasteiger partial charge in [-0.3, -0.25) is 4.90 Å². The molecule has 10 heteroatoms. The molecular weight excluding hydrogens is 514 g/mol. The van der Waals surface area contributed by atoms with Crippen LogP contribution in [-0.4, -0.2) is 62.2 Å². The Morgan fingerprint density at radius 1 is 1.13 bits per heavy atom. The first-order valence-electron chi connectivity index (χ1n) is 13.2. The number of imidazole rings is 1. The topological polar surface area (TPSA) is 102 Å². The lowest BCUT2D eigenvalue weighted by molar-refractivity contribution is -0.158. The summed E-state index contributed by atoms with van der Waals surface area (Å²) in [6.45, 7) is 6.67. The van der Waals surface area contributed by atoms with Gasteiger partial charge < -0.3 is 9.30 Å². The summed E-state index contributed by atoms with van der Waals surface area (Å²) in [5.41, 5.74) is 3.56. The quantitative estimate of drug-likeness (QED) is 0.251. The van der Waals surface area contributed by atoms with Crippen molar-refractivity contribution in [2.45, 2.75) is 52.1 Å². The van der Waals surface area contributed by atoms with E-state index in [9.17, 15) is 4.79 Å². The first-order valence-corrected chi connectivity index (χ1v) is 13.6. The Labute approximate surface area is 234 Å². The molecule has 2 aromatic heterocycles. The maximum atomic E-state index is 13.4. The van der Waals surface area contributed by atoms with E-state index >= 15 is 0 Å². The largest absolute Gasteiger partial charge is 0.467 e. The lowest BCUT2D eigenvalue weighted by Gasteiger charge is -2.41. The van der Waals surface area contributed by atoms with Crippen molar-refractivity contribution < 1.29 is 9.53 Å². The number of nitrogens with one attached hydrogen (secondary N) is 1. The number of esters is 1. The standard InChI is InChI=1S/C29H36ClN7O2/c1-7-8-13-24-31-26(30)25(29(19(2)3,36(4)5)28(38)39-6)37(24)18-20-14-16-21(17-15-20)22-11-9-10-12-23(22)27-32-34-35-33-27/h9-12,14-17,19H,7-8,13,18H2,1-6H3,(H,32,33,34,35)/t29-/m0/s1. The molecule has 0 aliphatic heterocycles. The van der Waals surface area contributed by atoms with Crippen molar-refractivity contribution in [3.8, 4) is 22.5 Å². The molecule has 1 atom stereocenters. The van der Waals surface area contributed by atoms with Crippen molar-refractivity contribution in [3.63, 3.8) is 0 Å². The van der Waals surface area contributed by atoms with E-state index < -0.39 is 5.54 Å². The van der Waals surface area contributed by atoms with Gasteiger partial charge in [-0.05, 0) is 48.3 Å². The Morgan fingerprint density at radius 2 is 1.82 bits per heavy atom. The van der Waals surface area contributed by atoms with E-state index in [1.165, 1.54) is 7.11 Å². The van der Waals surface area contributed by atoms with Crippen LogP contribution in [0.1, 0.15) is 50.7 Å². The SMILES string of the molecule is CCCCc1nc(Cl)c([C@](C(=O)OC)(C(C)C)N(C)C)n1Cc1ccc(-c2ccccc2-c2nn[nH]n2)cc1. The zero-order valence-electron chi connectivity index (χ0n) is 23.4. The van der Waals surface area contributed by atoms with Crippen molar-refractivity contribution in [2.75, 3.05) is 21.2 Å². The van der Waals surface area contributed by atoms with Crippen molar-refractivity contribution in [3.05, 3.63) is 70.8 Å². The van der Waals surface area contributed by atoms with Crippen molar-refractivity contribution in [1.82, 2.24) is 35.1 Å². The number of H-pyrrole nitrogens is 1. The van der Waals surface area contributed by atoms with Gasteiger partial charge in [0.05, 0.1) is 12.8 Å². The number of nitrogens with zero attached hydrogens (tertiary/aromatic N) is 6. The summed E-state index contributed by atoms with van der Waals surface area (Å²) in [5.74, 6) is 0.917. The van der Waals surface area contributed by atoms with Gasteiger partial charge in [-0.1, -0.05) is 87.3 Å². The second-order valence-electron chi connectivity index (χ2n) is 10.1. The van der Waals surface area contributed by atoms with Crippen LogP contribution < -0.4 is 0 Å². The number of aryl methyl sites for hydroxylation is 1. The third kappa shape index (κ3) is 5.33. The van der Waals surface area contributed by atoms with E-state index in [0.717, 1.165) is 47.3 Å². The van der Waals surface area contributed by atoms with Crippen LogP contribution in [0.25, 0.3) is 22.5 Å². The highest BCUT2D eigenvalue weighted by Crippen LogP contribution is 2.41. The molecule has 0 unspecified atom stereocenters. The fourth-order valence-electron chi connectivity index (χ4n) is 5.38. The van der Waals surface area contributed by atoms with Gasteiger partial charge in [0, 0.05) is 18.5 Å². The number of methoxy groups -OCH3 is 1. The summed E-state index contributed by atoms with van der Waals surface area (Å²) in [6, 6.07) is 16.3. The summed E-state index contributed by atoms with van der Waals surface area (Å²) in [5, 5.41) is 14.9. The van der Waals surface area contributed by atoms with Crippen LogP contribution in [0.15, 0.2) is 48.5 Å². The number of aromatic nitrogens is 6. The number of benzene rings is 2. The molecule has 0 radical (unpaired) electrons. The van der Waals surface area contributed by atoms with Gasteiger partial charge in [0.15, 0.2) is 10.7 Å². The van der Waals surface area contributed by atoms with Crippen LogP contribution in [0.5, 0.6) is 0 Å². The number of likely N-dealkylation sites (N-methyl/N-ethyl adjacent to an activating group) is 1. The monoisotopic (exact) mass is 549 g/mol. The highest BCUT2D eigenvalue weighted by atomic mass is 35.5. The van der Waals surface area contributed by atoms with Gasteiger partial charge in [0.1, 0.15) is 5.82 Å². The molecule has 0 fully saturated rings. The zero-order chi connectivity index (χ0) is 28.2. The zero-order valence-corrected chi connectivity index (χ0v) is 24.2. The summed E-state index contributed by atoms with van der Waals surface area (Å²) >= 11 is 6.85. The first-order chi connectivity index (χ1) is 18.7. The molecule has 206 valence electrons. The van der Waals surface area contributed by atoms with Gasteiger partial charge in [-0.15, -0.1) is 10.2 Å². The smallest absolute Gasteiger partial charge is 0.332 e. The van der Waals surface area contributed by atoms with Gasteiger partial charge >= 0.3 is 5.97 Å². The molecule has 1 N–H and O–H groups in total. The maximum Gasteiger partial charge on any atom is 0.332 e. The number of ether oxygens (including phenoxy) is 1. The number of carbonyl (C=O) groups is 1. The van der Waals surface area contributed by atoms with Crippen molar-refractivity contribution in [1.29, 1.82) is 0 Å². The summed E-state index contributed by atoms with van der Waals surface area (Å²) in [7, 11) is 5.18. The van der Waals surface area contributed by atoms with Crippen LogP contribution in [0.2, 0.25) is 5.15 Å². The van der Waals surface area contributed by atoms with Crippen molar-refractivity contribution in [2.24, 2.45) is 5.92 Å². The average molecular weight is 550 g/mol. The highest BCUT2D eigenvalue weighted by Gasteiger charge is 2.51. The second-order valence-corrected chi connectivity index (χ2v) is 10.5. The predicted octanol–water partition coefficient (Wildman–Crippen LogP) is 5.36. The lowest BCUT2D eigenvalue weighted by Crippen LogP contribution is -2.54. The van der Waals surface area contributed by atoms with E-state index in [2.05, 4.69) is 56.4 Å². The highest BCUT2D eigenvalue weighted by molar-refractivity contribution is 6.30. The van der Waals surface area contributed by atoms with Crippen LogP contribution in [0.3, 0.4) is 0 Å². The van der Waals surface area contributed by atoms with Crippen LogP contribution in [0.4, 0.5) is 0 Å². The minimum atomic E-state index is -1.10. The summed E-state index contributed by atoms with van der Waals surface area (Å²) in [4.78, 5) is 20.1. The third-order valence-electron chi connectivity index (χ3n) is 7.28. The summed E-state index contributed by atoms with van der Waals surface area (Å²) in [6.07, 6.45) is 2.75. The third-order valence-corrected chi connectivity index (χ3v) is 7.54.